The Morgan fingerprint density at radius 1 is 1.06 bits per heavy atom. The fraction of sp³-hybridized carbons (Fsp3) is 0.462. The summed E-state index contributed by atoms with van der Waals surface area (Å²) >= 11 is 0. The van der Waals surface area contributed by atoms with Crippen molar-refractivity contribution in [3.63, 3.8) is 0 Å². The minimum atomic E-state index is -0.152. The Kier molecular flexibility index (Phi) is 6.71. The van der Waals surface area contributed by atoms with E-state index in [1.807, 2.05) is 47.4 Å². The van der Waals surface area contributed by atoms with Gasteiger partial charge in [0, 0.05) is 31.8 Å². The Morgan fingerprint density at radius 3 is 2.48 bits per heavy atom. The first-order valence-electron chi connectivity index (χ1n) is 11.3. The van der Waals surface area contributed by atoms with Gasteiger partial charge in [-0.3, -0.25) is 9.59 Å². The van der Waals surface area contributed by atoms with Gasteiger partial charge in [0.25, 0.3) is 5.91 Å². The number of carbonyl (C=O) groups is 2. The van der Waals surface area contributed by atoms with Gasteiger partial charge in [0.2, 0.25) is 5.91 Å². The molecule has 1 N–H and O–H groups in total. The topological polar surface area (TPSA) is 58.6 Å². The highest BCUT2D eigenvalue weighted by atomic mass is 16.5. The number of piperidine rings is 1. The molecule has 0 aromatic heterocycles. The van der Waals surface area contributed by atoms with Crippen LogP contribution in [0.5, 0.6) is 0 Å². The first kappa shape index (κ1) is 21.6. The van der Waals surface area contributed by atoms with Gasteiger partial charge in [-0.2, -0.15) is 0 Å². The Bertz CT molecular complexity index is 887. The molecule has 0 aliphatic carbocycles. The second-order valence-corrected chi connectivity index (χ2v) is 9.01. The maximum absolute atomic E-state index is 12.7. The highest BCUT2D eigenvalue weighted by Gasteiger charge is 2.41. The van der Waals surface area contributed by atoms with Gasteiger partial charge in [-0.15, -0.1) is 0 Å². The molecule has 2 aliphatic rings. The molecule has 1 unspecified atom stereocenters. The van der Waals surface area contributed by atoms with E-state index in [9.17, 15) is 9.59 Å². The zero-order valence-electron chi connectivity index (χ0n) is 18.3. The van der Waals surface area contributed by atoms with Crippen molar-refractivity contribution in [1.82, 2.24) is 10.2 Å². The molecule has 2 saturated heterocycles. The van der Waals surface area contributed by atoms with Crippen molar-refractivity contribution in [3.8, 4) is 0 Å². The van der Waals surface area contributed by atoms with Gasteiger partial charge in [0.15, 0.2) is 0 Å². The van der Waals surface area contributed by atoms with Crippen molar-refractivity contribution in [2.45, 2.75) is 44.6 Å². The molecular formula is C26H32N2O3. The predicted molar refractivity (Wildman–Crippen MR) is 121 cm³/mol. The number of amides is 2. The summed E-state index contributed by atoms with van der Waals surface area (Å²) in [5.41, 5.74) is 2.82. The van der Waals surface area contributed by atoms with E-state index in [4.69, 9.17) is 4.74 Å². The SMILES string of the molecule is Cc1ccc(CC(=O)N2CCC3(CC2)CC(CNC(=O)c2ccccc2)CCO3)cc1. The van der Waals surface area contributed by atoms with E-state index < -0.39 is 0 Å². The molecule has 1 spiro atoms. The lowest BCUT2D eigenvalue weighted by molar-refractivity contribution is -0.146. The average Bonchev–Trinajstić information content (AvgIpc) is 2.80. The number of carbonyl (C=O) groups excluding carboxylic acids is 2. The first-order chi connectivity index (χ1) is 15.0. The van der Waals surface area contributed by atoms with Crippen molar-refractivity contribution in [2.24, 2.45) is 5.92 Å². The molecular weight excluding hydrogens is 388 g/mol. The number of nitrogens with one attached hydrogen (secondary N) is 1. The number of likely N-dealkylation sites (tertiary alicyclic amines) is 1. The van der Waals surface area contributed by atoms with Crippen LogP contribution in [0, 0.1) is 12.8 Å². The standard InChI is InChI=1S/C26H32N2O3/c1-20-7-9-21(10-8-20)17-24(29)28-14-12-26(13-15-28)18-22(11-16-31-26)19-27-25(30)23-5-3-2-4-6-23/h2-10,22H,11-19H2,1H3,(H,27,30). The molecule has 2 aromatic carbocycles. The van der Waals surface area contributed by atoms with Crippen molar-refractivity contribution < 1.29 is 14.3 Å². The first-order valence-corrected chi connectivity index (χ1v) is 11.3. The summed E-state index contributed by atoms with van der Waals surface area (Å²) in [7, 11) is 0. The Balaban J connectivity index is 1.26. The molecule has 2 fully saturated rings. The van der Waals surface area contributed by atoms with E-state index in [0.717, 1.165) is 50.9 Å². The molecule has 31 heavy (non-hydrogen) atoms. The maximum atomic E-state index is 12.7. The van der Waals surface area contributed by atoms with Crippen LogP contribution in [-0.2, 0) is 16.0 Å². The van der Waals surface area contributed by atoms with E-state index in [1.165, 1.54) is 5.56 Å². The molecule has 2 aromatic rings. The third-order valence-corrected chi connectivity index (χ3v) is 6.69. The number of benzene rings is 2. The van der Waals surface area contributed by atoms with Gasteiger partial charge in [-0.1, -0.05) is 48.0 Å². The van der Waals surface area contributed by atoms with Crippen LogP contribution in [0.1, 0.15) is 47.2 Å². The molecule has 2 amide bonds. The van der Waals surface area contributed by atoms with Crippen LogP contribution < -0.4 is 5.32 Å². The van der Waals surface area contributed by atoms with E-state index in [2.05, 4.69) is 24.4 Å². The fourth-order valence-electron chi connectivity index (χ4n) is 4.74. The molecule has 2 aliphatic heterocycles. The van der Waals surface area contributed by atoms with Crippen molar-refractivity contribution in [2.75, 3.05) is 26.2 Å². The zero-order valence-corrected chi connectivity index (χ0v) is 18.3. The van der Waals surface area contributed by atoms with Crippen LogP contribution in [0.15, 0.2) is 54.6 Å². The van der Waals surface area contributed by atoms with Gasteiger partial charge in [-0.25, -0.2) is 0 Å². The molecule has 4 rings (SSSR count). The van der Waals surface area contributed by atoms with Crippen molar-refractivity contribution in [3.05, 3.63) is 71.3 Å². The molecule has 5 heteroatoms. The summed E-state index contributed by atoms with van der Waals surface area (Å²) in [6, 6.07) is 17.5. The lowest BCUT2D eigenvalue weighted by Gasteiger charge is -2.46. The summed E-state index contributed by atoms with van der Waals surface area (Å²) in [4.78, 5) is 27.1. The average molecular weight is 421 g/mol. The van der Waals surface area contributed by atoms with E-state index in [0.29, 0.717) is 24.4 Å². The Labute approximate surface area is 184 Å². The largest absolute Gasteiger partial charge is 0.375 e. The molecule has 1 atom stereocenters. The van der Waals surface area contributed by atoms with Gasteiger partial charge in [0.05, 0.1) is 12.0 Å². The molecule has 164 valence electrons. The lowest BCUT2D eigenvalue weighted by atomic mass is 9.79. The van der Waals surface area contributed by atoms with Crippen molar-refractivity contribution >= 4 is 11.8 Å². The van der Waals surface area contributed by atoms with Gasteiger partial charge < -0.3 is 15.0 Å². The quantitative estimate of drug-likeness (QED) is 0.801. The number of aryl methyl sites for hydroxylation is 1. The van der Waals surface area contributed by atoms with Crippen LogP contribution in [-0.4, -0.2) is 48.6 Å². The summed E-state index contributed by atoms with van der Waals surface area (Å²) in [5, 5.41) is 3.09. The van der Waals surface area contributed by atoms with Gasteiger partial charge in [0.1, 0.15) is 0 Å². The number of hydrogen-bond donors (Lipinski definition) is 1. The van der Waals surface area contributed by atoms with Crippen molar-refractivity contribution in [1.29, 1.82) is 0 Å². The fourth-order valence-corrected chi connectivity index (χ4v) is 4.74. The monoisotopic (exact) mass is 420 g/mol. The second-order valence-electron chi connectivity index (χ2n) is 9.01. The number of hydrogen-bond acceptors (Lipinski definition) is 3. The smallest absolute Gasteiger partial charge is 0.251 e. The predicted octanol–water partition coefficient (Wildman–Crippen LogP) is 3.76. The summed E-state index contributed by atoms with van der Waals surface area (Å²) in [6.45, 7) is 4.94. The molecule has 0 radical (unpaired) electrons. The highest BCUT2D eigenvalue weighted by molar-refractivity contribution is 5.94. The summed E-state index contributed by atoms with van der Waals surface area (Å²) < 4.78 is 6.24. The number of ether oxygens (including phenoxy) is 1. The van der Waals surface area contributed by atoms with Crippen LogP contribution >= 0.6 is 0 Å². The molecule has 5 nitrogen and oxygen atoms in total. The van der Waals surface area contributed by atoms with Crippen LogP contribution in [0.4, 0.5) is 0 Å². The van der Waals surface area contributed by atoms with Gasteiger partial charge in [-0.05, 0) is 56.2 Å². The van der Waals surface area contributed by atoms with Crippen LogP contribution in [0.2, 0.25) is 0 Å². The minimum Gasteiger partial charge on any atom is -0.375 e. The zero-order chi connectivity index (χ0) is 21.7. The maximum Gasteiger partial charge on any atom is 0.251 e. The van der Waals surface area contributed by atoms with E-state index in [-0.39, 0.29) is 17.4 Å². The third kappa shape index (κ3) is 5.53. The molecule has 2 heterocycles. The van der Waals surface area contributed by atoms with Crippen LogP contribution in [0.3, 0.4) is 0 Å². The Hall–Kier alpha value is -2.66. The van der Waals surface area contributed by atoms with Crippen LogP contribution in [0.25, 0.3) is 0 Å². The number of rotatable bonds is 5. The highest BCUT2D eigenvalue weighted by Crippen LogP contribution is 2.37. The molecule has 0 saturated carbocycles. The summed E-state index contributed by atoms with van der Waals surface area (Å²) in [6.07, 6.45) is 4.11. The Morgan fingerprint density at radius 2 is 1.77 bits per heavy atom. The lowest BCUT2D eigenvalue weighted by Crippen LogP contribution is -2.52. The van der Waals surface area contributed by atoms with E-state index >= 15 is 0 Å². The second kappa shape index (κ2) is 9.65. The summed E-state index contributed by atoms with van der Waals surface area (Å²) in [5.74, 6) is 0.593. The normalized spacial score (nSPS) is 20.4. The molecule has 0 bridgehead atoms. The third-order valence-electron chi connectivity index (χ3n) is 6.69. The van der Waals surface area contributed by atoms with Gasteiger partial charge >= 0.3 is 0 Å². The minimum absolute atomic E-state index is 0.0161. The number of nitrogens with zero attached hydrogens (tertiary/aromatic N) is 1. The van der Waals surface area contributed by atoms with E-state index in [1.54, 1.807) is 0 Å².